The average molecular weight is 338 g/mol. The van der Waals surface area contributed by atoms with Crippen LogP contribution >= 0.6 is 0 Å². The molecule has 0 unspecified atom stereocenters. The van der Waals surface area contributed by atoms with Gasteiger partial charge in [0.2, 0.25) is 0 Å². The molecule has 0 saturated carbocycles. The Labute approximate surface area is 138 Å². The predicted molar refractivity (Wildman–Crippen MR) is 82.8 cm³/mol. The first-order valence-electron chi connectivity index (χ1n) is 7.41. The van der Waals surface area contributed by atoms with E-state index in [9.17, 15) is 18.0 Å². The molecule has 128 valence electrons. The first-order valence-corrected chi connectivity index (χ1v) is 7.41. The molecule has 0 heterocycles. The van der Waals surface area contributed by atoms with Crippen molar-refractivity contribution in [2.24, 2.45) is 0 Å². The van der Waals surface area contributed by atoms with E-state index in [1.807, 2.05) is 42.5 Å². The largest absolute Gasteiger partial charge is 0.426 e. The van der Waals surface area contributed by atoms with E-state index in [0.717, 1.165) is 11.1 Å². The number of hydrogen-bond acceptors (Lipinski definition) is 3. The number of hydrogen-bond donors (Lipinski definition) is 0. The summed E-state index contributed by atoms with van der Waals surface area (Å²) in [6, 6.07) is 16.7. The summed E-state index contributed by atoms with van der Waals surface area (Å²) in [7, 11) is 0. The maximum Gasteiger partial charge on any atom is 0.411 e. The average Bonchev–Trinajstić information content (AvgIpc) is 2.54. The van der Waals surface area contributed by atoms with E-state index in [4.69, 9.17) is 4.74 Å². The third-order valence-electron chi connectivity index (χ3n) is 3.15. The number of alkyl halides is 3. The molecule has 2 rings (SSSR count). The molecule has 0 bridgehead atoms. The SMILES string of the molecule is O=C(CCOCC(F)(F)F)Oc1ccccc1Cc1ccccc1. The predicted octanol–water partition coefficient (Wildman–Crippen LogP) is 4.15. The normalized spacial score (nSPS) is 11.3. The summed E-state index contributed by atoms with van der Waals surface area (Å²) >= 11 is 0. The van der Waals surface area contributed by atoms with Gasteiger partial charge in [-0.1, -0.05) is 48.5 Å². The van der Waals surface area contributed by atoms with Crippen molar-refractivity contribution in [3.63, 3.8) is 0 Å². The molecule has 0 spiro atoms. The third kappa shape index (κ3) is 6.42. The maximum absolute atomic E-state index is 11.9. The van der Waals surface area contributed by atoms with Crippen LogP contribution in [-0.4, -0.2) is 25.4 Å². The third-order valence-corrected chi connectivity index (χ3v) is 3.15. The van der Waals surface area contributed by atoms with Gasteiger partial charge >= 0.3 is 12.1 Å². The van der Waals surface area contributed by atoms with Gasteiger partial charge in [-0.25, -0.2) is 0 Å². The molecule has 0 aliphatic heterocycles. The number of benzene rings is 2. The summed E-state index contributed by atoms with van der Waals surface area (Å²) in [5.74, 6) is -0.222. The minimum absolute atomic E-state index is 0.240. The molecule has 0 atom stereocenters. The minimum Gasteiger partial charge on any atom is -0.426 e. The van der Waals surface area contributed by atoms with Crippen molar-refractivity contribution < 1.29 is 27.4 Å². The van der Waals surface area contributed by atoms with Crippen molar-refractivity contribution in [1.29, 1.82) is 0 Å². The first kappa shape index (κ1) is 18.0. The van der Waals surface area contributed by atoms with Gasteiger partial charge < -0.3 is 9.47 Å². The molecule has 0 N–H and O–H groups in total. The fraction of sp³-hybridized carbons (Fsp3) is 0.278. The van der Waals surface area contributed by atoms with Gasteiger partial charge in [0, 0.05) is 6.42 Å². The van der Waals surface area contributed by atoms with E-state index in [2.05, 4.69) is 4.74 Å². The fourth-order valence-electron chi connectivity index (χ4n) is 2.08. The highest BCUT2D eigenvalue weighted by Gasteiger charge is 2.27. The lowest BCUT2D eigenvalue weighted by Crippen LogP contribution is -2.19. The molecule has 0 aromatic heterocycles. The molecule has 0 saturated heterocycles. The molecule has 24 heavy (non-hydrogen) atoms. The molecule has 3 nitrogen and oxygen atoms in total. The quantitative estimate of drug-likeness (QED) is 0.432. The minimum atomic E-state index is -4.40. The van der Waals surface area contributed by atoms with E-state index >= 15 is 0 Å². The Hall–Kier alpha value is -2.34. The number of ether oxygens (including phenoxy) is 2. The number of carbonyl (C=O) groups is 1. The second-order valence-corrected chi connectivity index (χ2v) is 5.16. The van der Waals surface area contributed by atoms with E-state index in [-0.39, 0.29) is 13.0 Å². The molecular formula is C18H17F3O3. The zero-order valence-corrected chi connectivity index (χ0v) is 12.9. The molecule has 6 heteroatoms. The van der Waals surface area contributed by atoms with Gasteiger partial charge in [-0.15, -0.1) is 0 Å². The van der Waals surface area contributed by atoms with Crippen molar-refractivity contribution >= 4 is 5.97 Å². The van der Waals surface area contributed by atoms with Gasteiger partial charge in [-0.3, -0.25) is 4.79 Å². The van der Waals surface area contributed by atoms with Crippen molar-refractivity contribution in [3.8, 4) is 5.75 Å². The summed E-state index contributed by atoms with van der Waals surface area (Å²) in [5.41, 5.74) is 1.89. The number of halogens is 3. The monoisotopic (exact) mass is 338 g/mol. The van der Waals surface area contributed by atoms with Crippen LogP contribution in [0.1, 0.15) is 17.5 Å². The Kier molecular flexibility index (Phi) is 6.37. The van der Waals surface area contributed by atoms with Gasteiger partial charge in [0.25, 0.3) is 0 Å². The van der Waals surface area contributed by atoms with Crippen LogP contribution in [-0.2, 0) is 16.0 Å². The smallest absolute Gasteiger partial charge is 0.411 e. The van der Waals surface area contributed by atoms with Crippen LogP contribution in [0.25, 0.3) is 0 Å². The van der Waals surface area contributed by atoms with Crippen LogP contribution in [0.3, 0.4) is 0 Å². The Bertz CT molecular complexity index is 654. The van der Waals surface area contributed by atoms with Crippen LogP contribution in [0.15, 0.2) is 54.6 Å². The van der Waals surface area contributed by atoms with Crippen molar-refractivity contribution in [2.45, 2.75) is 19.0 Å². The molecule has 2 aromatic rings. The van der Waals surface area contributed by atoms with Crippen LogP contribution in [0, 0.1) is 0 Å². The van der Waals surface area contributed by atoms with E-state index in [0.29, 0.717) is 12.2 Å². The van der Waals surface area contributed by atoms with Crippen molar-refractivity contribution in [1.82, 2.24) is 0 Å². The van der Waals surface area contributed by atoms with Gasteiger partial charge in [0.05, 0.1) is 13.0 Å². The lowest BCUT2D eigenvalue weighted by molar-refractivity contribution is -0.175. The van der Waals surface area contributed by atoms with E-state index in [1.54, 1.807) is 12.1 Å². The molecular weight excluding hydrogens is 321 g/mol. The molecule has 0 fully saturated rings. The summed E-state index contributed by atoms with van der Waals surface area (Å²) in [4.78, 5) is 11.8. The molecule has 0 amide bonds. The Morgan fingerprint density at radius 2 is 1.62 bits per heavy atom. The van der Waals surface area contributed by atoms with Gasteiger partial charge in [-0.2, -0.15) is 13.2 Å². The molecule has 0 aliphatic carbocycles. The Morgan fingerprint density at radius 1 is 0.958 bits per heavy atom. The highest BCUT2D eigenvalue weighted by atomic mass is 19.4. The van der Waals surface area contributed by atoms with Crippen LogP contribution < -0.4 is 4.74 Å². The number of esters is 1. The summed E-state index contributed by atoms with van der Waals surface area (Å²) < 4.78 is 45.5. The number of carbonyl (C=O) groups excluding carboxylic acids is 1. The lowest BCUT2D eigenvalue weighted by atomic mass is 10.0. The zero-order valence-electron chi connectivity index (χ0n) is 12.9. The van der Waals surface area contributed by atoms with E-state index in [1.165, 1.54) is 0 Å². The van der Waals surface area contributed by atoms with Crippen LogP contribution in [0.5, 0.6) is 5.75 Å². The number of para-hydroxylation sites is 1. The number of rotatable bonds is 7. The molecule has 0 radical (unpaired) electrons. The Morgan fingerprint density at radius 3 is 2.33 bits per heavy atom. The van der Waals surface area contributed by atoms with Crippen molar-refractivity contribution in [3.05, 3.63) is 65.7 Å². The summed E-state index contributed by atoms with van der Waals surface area (Å²) in [6.07, 6.45) is -4.04. The van der Waals surface area contributed by atoms with Crippen molar-refractivity contribution in [2.75, 3.05) is 13.2 Å². The molecule has 0 aliphatic rings. The van der Waals surface area contributed by atoms with E-state index < -0.39 is 18.8 Å². The van der Waals surface area contributed by atoms with Gasteiger partial charge in [0.1, 0.15) is 12.4 Å². The van der Waals surface area contributed by atoms with Gasteiger partial charge in [0.15, 0.2) is 0 Å². The standard InChI is InChI=1S/C18H17F3O3/c19-18(20,21)13-23-11-10-17(22)24-16-9-5-4-8-15(16)12-14-6-2-1-3-7-14/h1-9H,10-13H2. The fourth-order valence-corrected chi connectivity index (χ4v) is 2.08. The van der Waals surface area contributed by atoms with Crippen LogP contribution in [0.4, 0.5) is 13.2 Å². The molecule has 2 aromatic carbocycles. The maximum atomic E-state index is 11.9. The summed E-state index contributed by atoms with van der Waals surface area (Å²) in [5, 5.41) is 0. The van der Waals surface area contributed by atoms with Gasteiger partial charge in [-0.05, 0) is 17.2 Å². The first-order chi connectivity index (χ1) is 11.4. The second kappa shape index (κ2) is 8.49. The highest BCUT2D eigenvalue weighted by Crippen LogP contribution is 2.22. The lowest BCUT2D eigenvalue weighted by Gasteiger charge is -2.11. The second-order valence-electron chi connectivity index (χ2n) is 5.16. The zero-order chi connectivity index (χ0) is 17.4. The highest BCUT2D eigenvalue weighted by molar-refractivity contribution is 5.72. The topological polar surface area (TPSA) is 35.5 Å². The summed E-state index contributed by atoms with van der Waals surface area (Å²) in [6.45, 7) is -1.70. The Balaban J connectivity index is 1.89. The van der Waals surface area contributed by atoms with Crippen LogP contribution in [0.2, 0.25) is 0 Å².